The number of allylic oxidation sites excluding steroid dienone is 1. The van der Waals surface area contributed by atoms with E-state index >= 15 is 0 Å². The second kappa shape index (κ2) is 5.12. The fraction of sp³-hybridized carbons (Fsp3) is 0.333. The molecule has 0 heterocycles. The third-order valence-corrected chi connectivity index (χ3v) is 2.84. The van der Waals surface area contributed by atoms with Crippen LogP contribution < -0.4 is 5.32 Å². The minimum absolute atomic E-state index is 0.0325. The van der Waals surface area contributed by atoms with Crippen molar-refractivity contribution in [1.29, 1.82) is 0 Å². The quantitative estimate of drug-likeness (QED) is 0.511. The highest BCUT2D eigenvalue weighted by Crippen LogP contribution is 2.30. The number of hydrogen-bond acceptors (Lipinski definition) is 3. The number of nitro groups is 1. The van der Waals surface area contributed by atoms with Crippen molar-refractivity contribution in [2.75, 3.05) is 5.32 Å². The number of anilines is 1. The van der Waals surface area contributed by atoms with Crippen LogP contribution in [0.5, 0.6) is 0 Å². The van der Waals surface area contributed by atoms with Gasteiger partial charge in [-0.3, -0.25) is 10.1 Å². The van der Waals surface area contributed by atoms with Crippen LogP contribution in [0.15, 0.2) is 24.3 Å². The fourth-order valence-electron chi connectivity index (χ4n) is 2.01. The Balaban J connectivity index is 2.30. The molecule has 0 radical (unpaired) electrons. The van der Waals surface area contributed by atoms with Gasteiger partial charge in [0.25, 0.3) is 0 Å². The summed E-state index contributed by atoms with van der Waals surface area (Å²) in [6, 6.07) is 1.44. The Morgan fingerprint density at radius 1 is 1.33 bits per heavy atom. The summed E-state index contributed by atoms with van der Waals surface area (Å²) in [5.74, 6) is -1.99. The molecule has 4 nitrogen and oxygen atoms in total. The molecule has 1 aliphatic carbocycles. The van der Waals surface area contributed by atoms with E-state index in [0.29, 0.717) is 12.5 Å². The van der Waals surface area contributed by atoms with Gasteiger partial charge in [-0.2, -0.15) is 4.39 Å². The first-order valence-electron chi connectivity index (χ1n) is 5.63. The van der Waals surface area contributed by atoms with Gasteiger partial charge in [0.15, 0.2) is 0 Å². The number of nitro benzene ring substituents is 1. The van der Waals surface area contributed by atoms with Gasteiger partial charge >= 0.3 is 5.69 Å². The highest BCUT2D eigenvalue weighted by atomic mass is 19.1. The summed E-state index contributed by atoms with van der Waals surface area (Å²) < 4.78 is 26.5. The molecule has 1 atom stereocenters. The van der Waals surface area contributed by atoms with E-state index in [2.05, 4.69) is 5.32 Å². The molecule has 1 aromatic rings. The van der Waals surface area contributed by atoms with Crippen molar-refractivity contribution in [1.82, 2.24) is 0 Å². The molecule has 0 saturated heterocycles. The topological polar surface area (TPSA) is 55.2 Å². The largest absolute Gasteiger partial charge is 0.376 e. The predicted octanol–water partition coefficient (Wildman–Crippen LogP) is 3.39. The maximum Gasteiger partial charge on any atom is 0.327 e. The van der Waals surface area contributed by atoms with Gasteiger partial charge in [-0.15, -0.1) is 0 Å². The lowest BCUT2D eigenvalue weighted by Crippen LogP contribution is -2.21. The number of hydrogen-bond donors (Lipinski definition) is 1. The SMILES string of the molecule is O=[N+]([O-])c1c(F)cc(F)cc1NC1CC=CCC1. The summed E-state index contributed by atoms with van der Waals surface area (Å²) >= 11 is 0. The van der Waals surface area contributed by atoms with Gasteiger partial charge in [0.2, 0.25) is 5.82 Å². The van der Waals surface area contributed by atoms with E-state index in [4.69, 9.17) is 0 Å². The van der Waals surface area contributed by atoms with E-state index in [-0.39, 0.29) is 11.7 Å². The molecule has 0 fully saturated rings. The van der Waals surface area contributed by atoms with Crippen LogP contribution in [0.1, 0.15) is 19.3 Å². The minimum atomic E-state index is -1.16. The molecule has 1 N–H and O–H groups in total. The van der Waals surface area contributed by atoms with Crippen molar-refractivity contribution >= 4 is 11.4 Å². The molecule has 6 heteroatoms. The summed E-state index contributed by atoms with van der Waals surface area (Å²) in [4.78, 5) is 9.95. The molecule has 0 amide bonds. The third-order valence-electron chi connectivity index (χ3n) is 2.84. The second-order valence-electron chi connectivity index (χ2n) is 4.17. The smallest absolute Gasteiger partial charge is 0.327 e. The van der Waals surface area contributed by atoms with Gasteiger partial charge in [-0.1, -0.05) is 12.2 Å². The standard InChI is InChI=1S/C12H12F2N2O2/c13-8-6-10(14)12(16(17)18)11(7-8)15-9-4-2-1-3-5-9/h1-2,6-7,9,15H,3-5H2. The first-order chi connectivity index (χ1) is 8.58. The molecule has 0 saturated carbocycles. The van der Waals surface area contributed by atoms with E-state index in [1.165, 1.54) is 0 Å². The average molecular weight is 254 g/mol. The van der Waals surface area contributed by atoms with Crippen LogP contribution in [0.4, 0.5) is 20.2 Å². The van der Waals surface area contributed by atoms with E-state index in [0.717, 1.165) is 18.9 Å². The molecule has 0 spiro atoms. The molecular weight excluding hydrogens is 242 g/mol. The highest BCUT2D eigenvalue weighted by Gasteiger charge is 2.23. The van der Waals surface area contributed by atoms with Gasteiger partial charge in [-0.05, 0) is 19.3 Å². The Morgan fingerprint density at radius 3 is 2.72 bits per heavy atom. The average Bonchev–Trinajstić information content (AvgIpc) is 2.28. The molecule has 1 unspecified atom stereocenters. The summed E-state index contributed by atoms with van der Waals surface area (Å²) in [5.41, 5.74) is -0.802. The summed E-state index contributed by atoms with van der Waals surface area (Å²) in [5, 5.41) is 13.6. The van der Waals surface area contributed by atoms with Crippen molar-refractivity contribution in [3.8, 4) is 0 Å². The zero-order valence-electron chi connectivity index (χ0n) is 9.53. The van der Waals surface area contributed by atoms with Crippen LogP contribution in [-0.2, 0) is 0 Å². The normalized spacial score (nSPS) is 18.7. The van der Waals surface area contributed by atoms with Crippen LogP contribution in [0.2, 0.25) is 0 Å². The van der Waals surface area contributed by atoms with Crippen LogP contribution in [0.3, 0.4) is 0 Å². The number of rotatable bonds is 3. The lowest BCUT2D eigenvalue weighted by atomic mass is 10.0. The van der Waals surface area contributed by atoms with Crippen LogP contribution in [0, 0.1) is 21.7 Å². The number of nitrogens with one attached hydrogen (secondary N) is 1. The van der Waals surface area contributed by atoms with Crippen LogP contribution in [-0.4, -0.2) is 11.0 Å². The number of halogens is 2. The minimum Gasteiger partial charge on any atom is -0.376 e. The zero-order chi connectivity index (χ0) is 13.1. The Bertz CT molecular complexity index is 503. The first kappa shape index (κ1) is 12.5. The van der Waals surface area contributed by atoms with Gasteiger partial charge in [0.1, 0.15) is 11.5 Å². The van der Waals surface area contributed by atoms with Crippen molar-refractivity contribution < 1.29 is 13.7 Å². The lowest BCUT2D eigenvalue weighted by molar-refractivity contribution is -0.386. The molecule has 0 aromatic heterocycles. The van der Waals surface area contributed by atoms with Gasteiger partial charge in [0, 0.05) is 18.2 Å². The van der Waals surface area contributed by atoms with E-state index < -0.39 is 22.2 Å². The molecule has 2 rings (SSSR count). The number of nitrogens with zero attached hydrogens (tertiary/aromatic N) is 1. The van der Waals surface area contributed by atoms with Crippen LogP contribution >= 0.6 is 0 Å². The molecular formula is C12H12F2N2O2. The predicted molar refractivity (Wildman–Crippen MR) is 63.4 cm³/mol. The maximum absolute atomic E-state index is 13.4. The van der Waals surface area contributed by atoms with E-state index in [9.17, 15) is 18.9 Å². The monoisotopic (exact) mass is 254 g/mol. The summed E-state index contributed by atoms with van der Waals surface area (Å²) in [6.07, 6.45) is 6.28. The van der Waals surface area contributed by atoms with Crippen molar-refractivity contribution in [3.63, 3.8) is 0 Å². The van der Waals surface area contributed by atoms with E-state index in [1.54, 1.807) is 0 Å². The Kier molecular flexibility index (Phi) is 3.55. The number of benzene rings is 1. The lowest BCUT2D eigenvalue weighted by Gasteiger charge is -2.20. The third kappa shape index (κ3) is 2.64. The Hall–Kier alpha value is -1.98. The van der Waals surface area contributed by atoms with Crippen molar-refractivity contribution in [2.24, 2.45) is 0 Å². The van der Waals surface area contributed by atoms with Gasteiger partial charge < -0.3 is 5.32 Å². The van der Waals surface area contributed by atoms with E-state index in [1.807, 2.05) is 12.2 Å². The van der Waals surface area contributed by atoms with Crippen molar-refractivity contribution in [3.05, 3.63) is 46.0 Å². The molecule has 0 aliphatic heterocycles. The van der Waals surface area contributed by atoms with Crippen LogP contribution in [0.25, 0.3) is 0 Å². The molecule has 0 bridgehead atoms. The van der Waals surface area contributed by atoms with Gasteiger partial charge in [-0.25, -0.2) is 4.39 Å². The second-order valence-corrected chi connectivity index (χ2v) is 4.17. The Morgan fingerprint density at radius 2 is 2.11 bits per heavy atom. The van der Waals surface area contributed by atoms with Crippen molar-refractivity contribution in [2.45, 2.75) is 25.3 Å². The molecule has 96 valence electrons. The summed E-state index contributed by atoms with van der Waals surface area (Å²) in [6.45, 7) is 0. The van der Waals surface area contributed by atoms with Gasteiger partial charge in [0.05, 0.1) is 4.92 Å². The Labute approximate surface area is 102 Å². The zero-order valence-corrected chi connectivity index (χ0v) is 9.53. The highest BCUT2D eigenvalue weighted by molar-refractivity contribution is 5.62. The summed E-state index contributed by atoms with van der Waals surface area (Å²) in [7, 11) is 0. The first-order valence-corrected chi connectivity index (χ1v) is 5.63. The molecule has 18 heavy (non-hydrogen) atoms. The molecule has 1 aromatic carbocycles. The molecule has 1 aliphatic rings. The fourth-order valence-corrected chi connectivity index (χ4v) is 2.01. The maximum atomic E-state index is 13.4.